The highest BCUT2D eigenvalue weighted by atomic mass is 32.2. The maximum absolute atomic E-state index is 12.1. The zero-order valence-corrected chi connectivity index (χ0v) is 11.0. The van der Waals surface area contributed by atoms with Crippen LogP contribution in [0.5, 0.6) is 0 Å². The molecular formula is C12H14N4OS. The van der Waals surface area contributed by atoms with Gasteiger partial charge in [0.05, 0.1) is 11.9 Å². The monoisotopic (exact) mass is 262 g/mol. The van der Waals surface area contributed by atoms with Crippen molar-refractivity contribution >= 4 is 29.2 Å². The van der Waals surface area contributed by atoms with Crippen LogP contribution in [-0.2, 0) is 7.05 Å². The van der Waals surface area contributed by atoms with E-state index in [2.05, 4.69) is 10.4 Å². The zero-order valence-electron chi connectivity index (χ0n) is 10.2. The Bertz CT molecular complexity index is 579. The number of nitrogens with zero attached hydrogens (tertiary/aromatic N) is 2. The number of carbonyl (C=O) groups excluding carboxylic acids is 1. The predicted molar refractivity (Wildman–Crippen MR) is 73.8 cm³/mol. The van der Waals surface area contributed by atoms with Crippen molar-refractivity contribution in [3.8, 4) is 0 Å². The second-order valence-electron chi connectivity index (χ2n) is 3.72. The van der Waals surface area contributed by atoms with Crippen LogP contribution < -0.4 is 11.1 Å². The molecule has 0 aliphatic rings. The largest absolute Gasteiger partial charge is 0.383 e. The molecule has 0 bridgehead atoms. The molecule has 0 saturated carbocycles. The number of rotatable bonds is 3. The number of benzene rings is 1. The first-order chi connectivity index (χ1) is 8.63. The topological polar surface area (TPSA) is 72.9 Å². The minimum Gasteiger partial charge on any atom is -0.383 e. The van der Waals surface area contributed by atoms with Crippen molar-refractivity contribution in [3.05, 3.63) is 36.0 Å². The second kappa shape index (κ2) is 5.14. The van der Waals surface area contributed by atoms with Crippen LogP contribution >= 0.6 is 11.8 Å². The van der Waals surface area contributed by atoms with Gasteiger partial charge in [0.25, 0.3) is 5.91 Å². The molecule has 0 radical (unpaired) electrons. The molecule has 0 spiro atoms. The molecule has 0 fully saturated rings. The minimum absolute atomic E-state index is 0.248. The van der Waals surface area contributed by atoms with Crippen LogP contribution in [0.1, 0.15) is 10.4 Å². The van der Waals surface area contributed by atoms with Gasteiger partial charge in [-0.2, -0.15) is 5.10 Å². The van der Waals surface area contributed by atoms with Crippen molar-refractivity contribution in [2.24, 2.45) is 7.05 Å². The molecular weight excluding hydrogens is 248 g/mol. The summed E-state index contributed by atoms with van der Waals surface area (Å²) < 4.78 is 1.47. The lowest BCUT2D eigenvalue weighted by molar-refractivity contribution is 0.102. The number of hydrogen-bond acceptors (Lipinski definition) is 4. The molecule has 0 saturated heterocycles. The molecule has 1 amide bonds. The maximum Gasteiger partial charge on any atom is 0.261 e. The van der Waals surface area contributed by atoms with Crippen LogP contribution in [0.25, 0.3) is 0 Å². The Morgan fingerprint density at radius 2 is 2.17 bits per heavy atom. The fraction of sp³-hybridized carbons (Fsp3) is 0.167. The van der Waals surface area contributed by atoms with Crippen molar-refractivity contribution in [2.75, 3.05) is 17.3 Å². The van der Waals surface area contributed by atoms with Gasteiger partial charge in [-0.3, -0.25) is 9.48 Å². The highest BCUT2D eigenvalue weighted by molar-refractivity contribution is 7.98. The molecule has 18 heavy (non-hydrogen) atoms. The lowest BCUT2D eigenvalue weighted by atomic mass is 10.2. The summed E-state index contributed by atoms with van der Waals surface area (Å²) in [4.78, 5) is 13.1. The number of nitrogens with two attached hydrogens (primary N) is 1. The van der Waals surface area contributed by atoms with Gasteiger partial charge in [-0.1, -0.05) is 12.1 Å². The number of nitrogens with one attached hydrogen (secondary N) is 1. The Hall–Kier alpha value is -1.95. The summed E-state index contributed by atoms with van der Waals surface area (Å²) in [6.07, 6.45) is 3.43. The summed E-state index contributed by atoms with van der Waals surface area (Å²) >= 11 is 1.58. The number of aromatic nitrogens is 2. The predicted octanol–water partition coefficient (Wildman–Crippen LogP) is 1.98. The van der Waals surface area contributed by atoms with Gasteiger partial charge in [0.1, 0.15) is 11.4 Å². The van der Waals surface area contributed by atoms with E-state index in [9.17, 15) is 4.79 Å². The smallest absolute Gasteiger partial charge is 0.261 e. The molecule has 2 aromatic rings. The van der Waals surface area contributed by atoms with E-state index in [1.807, 2.05) is 30.5 Å². The van der Waals surface area contributed by atoms with Gasteiger partial charge < -0.3 is 11.1 Å². The van der Waals surface area contributed by atoms with E-state index >= 15 is 0 Å². The fourth-order valence-corrected chi connectivity index (χ4v) is 2.11. The lowest BCUT2D eigenvalue weighted by Gasteiger charge is -2.08. The highest BCUT2D eigenvalue weighted by Crippen LogP contribution is 2.25. The van der Waals surface area contributed by atoms with E-state index in [4.69, 9.17) is 5.73 Å². The number of nitrogen functional groups attached to an aromatic ring is 1. The number of carbonyl (C=O) groups is 1. The Labute approximate surface area is 109 Å². The Morgan fingerprint density at radius 1 is 1.44 bits per heavy atom. The SMILES string of the molecule is CSc1ccccc1NC(=O)c1cnn(C)c1N. The van der Waals surface area contributed by atoms with Crippen molar-refractivity contribution in [3.63, 3.8) is 0 Å². The molecule has 5 nitrogen and oxygen atoms in total. The van der Waals surface area contributed by atoms with Crippen LogP contribution in [0.4, 0.5) is 11.5 Å². The molecule has 0 unspecified atom stereocenters. The first-order valence-corrected chi connectivity index (χ1v) is 6.57. The molecule has 0 atom stereocenters. The average Bonchev–Trinajstić information content (AvgIpc) is 2.71. The fourth-order valence-electron chi connectivity index (χ4n) is 1.56. The third-order valence-electron chi connectivity index (χ3n) is 2.58. The van der Waals surface area contributed by atoms with Crippen molar-refractivity contribution in [1.82, 2.24) is 9.78 Å². The molecule has 0 aliphatic heterocycles. The van der Waals surface area contributed by atoms with Gasteiger partial charge in [-0.05, 0) is 18.4 Å². The van der Waals surface area contributed by atoms with E-state index in [1.165, 1.54) is 10.9 Å². The summed E-state index contributed by atoms with van der Waals surface area (Å²) in [5.41, 5.74) is 6.92. The number of anilines is 2. The number of aryl methyl sites for hydroxylation is 1. The van der Waals surface area contributed by atoms with Crippen molar-refractivity contribution in [1.29, 1.82) is 0 Å². The summed E-state index contributed by atoms with van der Waals surface area (Å²) in [5, 5.41) is 6.79. The Kier molecular flexibility index (Phi) is 3.57. The average molecular weight is 262 g/mol. The van der Waals surface area contributed by atoms with Crippen LogP contribution in [0.15, 0.2) is 35.4 Å². The summed E-state index contributed by atoms with van der Waals surface area (Å²) in [7, 11) is 1.70. The molecule has 3 N–H and O–H groups in total. The standard InChI is InChI=1S/C12H14N4OS/c1-16-11(13)8(7-14-16)12(17)15-9-5-3-4-6-10(9)18-2/h3-7H,13H2,1-2H3,(H,15,17). The Morgan fingerprint density at radius 3 is 2.78 bits per heavy atom. The molecule has 94 valence electrons. The first kappa shape index (κ1) is 12.5. The number of hydrogen-bond donors (Lipinski definition) is 2. The maximum atomic E-state index is 12.1. The van der Waals surface area contributed by atoms with Crippen LogP contribution in [0.3, 0.4) is 0 Å². The van der Waals surface area contributed by atoms with Gasteiger partial charge in [0, 0.05) is 11.9 Å². The first-order valence-electron chi connectivity index (χ1n) is 5.35. The normalized spacial score (nSPS) is 10.3. The number of para-hydroxylation sites is 1. The van der Waals surface area contributed by atoms with E-state index in [1.54, 1.807) is 18.8 Å². The number of amides is 1. The van der Waals surface area contributed by atoms with Gasteiger partial charge in [0.2, 0.25) is 0 Å². The van der Waals surface area contributed by atoms with Crippen LogP contribution in [0.2, 0.25) is 0 Å². The van der Waals surface area contributed by atoms with Gasteiger partial charge in [-0.25, -0.2) is 0 Å². The quantitative estimate of drug-likeness (QED) is 0.830. The highest BCUT2D eigenvalue weighted by Gasteiger charge is 2.14. The van der Waals surface area contributed by atoms with Crippen molar-refractivity contribution < 1.29 is 4.79 Å². The van der Waals surface area contributed by atoms with Gasteiger partial charge >= 0.3 is 0 Å². The third-order valence-corrected chi connectivity index (χ3v) is 3.38. The molecule has 1 aromatic carbocycles. The van der Waals surface area contributed by atoms with E-state index in [0.29, 0.717) is 11.4 Å². The summed E-state index contributed by atoms with van der Waals surface area (Å²) in [6, 6.07) is 7.62. The minimum atomic E-state index is -0.248. The van der Waals surface area contributed by atoms with Gasteiger partial charge in [-0.15, -0.1) is 11.8 Å². The van der Waals surface area contributed by atoms with E-state index < -0.39 is 0 Å². The molecule has 0 aliphatic carbocycles. The van der Waals surface area contributed by atoms with Crippen LogP contribution in [-0.4, -0.2) is 21.9 Å². The molecule has 2 rings (SSSR count). The summed E-state index contributed by atoms with van der Waals surface area (Å²) in [6.45, 7) is 0. The number of thioether (sulfide) groups is 1. The second-order valence-corrected chi connectivity index (χ2v) is 4.57. The van der Waals surface area contributed by atoms with E-state index in [0.717, 1.165) is 10.6 Å². The third kappa shape index (κ3) is 2.33. The zero-order chi connectivity index (χ0) is 13.1. The molecule has 1 heterocycles. The van der Waals surface area contributed by atoms with Gasteiger partial charge in [0.15, 0.2) is 0 Å². The van der Waals surface area contributed by atoms with Crippen molar-refractivity contribution in [2.45, 2.75) is 4.90 Å². The lowest BCUT2D eigenvalue weighted by Crippen LogP contribution is -2.14. The van der Waals surface area contributed by atoms with Crippen LogP contribution in [0, 0.1) is 0 Å². The Balaban J connectivity index is 2.24. The molecule has 6 heteroatoms. The summed E-state index contributed by atoms with van der Waals surface area (Å²) in [5.74, 6) is 0.108. The van der Waals surface area contributed by atoms with E-state index in [-0.39, 0.29) is 5.91 Å². The molecule has 1 aromatic heterocycles.